The minimum absolute atomic E-state index is 0.254. The fourth-order valence-electron chi connectivity index (χ4n) is 4.97. The first-order chi connectivity index (χ1) is 17.3. The van der Waals surface area contributed by atoms with Gasteiger partial charge in [-0.05, 0) is 58.5 Å². The molecule has 0 bridgehead atoms. The maximum absolute atomic E-state index is 14.7. The molecule has 1 saturated carbocycles. The van der Waals surface area contributed by atoms with Crippen molar-refractivity contribution in [2.24, 2.45) is 5.41 Å². The van der Waals surface area contributed by atoms with Crippen LogP contribution >= 0.6 is 0 Å². The number of carbonyl (C=O) groups is 1. The van der Waals surface area contributed by atoms with Crippen molar-refractivity contribution in [1.82, 2.24) is 20.6 Å². The molecule has 0 spiro atoms. The molecule has 9 heteroatoms. The molecule has 1 aliphatic carbocycles. The Morgan fingerprint density at radius 3 is 2.39 bits per heavy atom. The first-order valence-corrected chi connectivity index (χ1v) is 11.5. The fourth-order valence-corrected chi connectivity index (χ4v) is 4.97. The number of ether oxygens (including phenoxy) is 2. The van der Waals surface area contributed by atoms with E-state index in [0.29, 0.717) is 40.6 Å². The maximum Gasteiger partial charge on any atom is 0.235 e. The lowest BCUT2D eigenvalue weighted by Crippen LogP contribution is -2.33. The molecule has 36 heavy (non-hydrogen) atoms. The predicted octanol–water partition coefficient (Wildman–Crippen LogP) is 5.00. The zero-order valence-electron chi connectivity index (χ0n) is 20.4. The molecular formula is C27H26FN5O3. The van der Waals surface area contributed by atoms with Crippen molar-refractivity contribution >= 4 is 11.6 Å². The molecule has 184 valence electrons. The molecule has 5 rings (SSSR count). The van der Waals surface area contributed by atoms with Gasteiger partial charge < -0.3 is 14.8 Å². The molecule has 1 fully saturated rings. The van der Waals surface area contributed by atoms with Crippen LogP contribution in [0, 0.1) is 11.2 Å². The number of nitrogens with zero attached hydrogens (tertiary/aromatic N) is 3. The Hall–Kier alpha value is -4.27. The molecule has 0 saturated heterocycles. The Morgan fingerprint density at radius 2 is 1.75 bits per heavy atom. The molecule has 1 heterocycles. The number of anilines is 1. The number of aromatic amines is 1. The summed E-state index contributed by atoms with van der Waals surface area (Å²) in [5, 5.41) is 17.5. The number of amides is 1. The van der Waals surface area contributed by atoms with Crippen LogP contribution in [0.15, 0.2) is 60.7 Å². The molecule has 4 aromatic rings. The van der Waals surface area contributed by atoms with Gasteiger partial charge in [0.15, 0.2) is 11.5 Å². The van der Waals surface area contributed by atoms with E-state index in [1.165, 1.54) is 6.07 Å². The van der Waals surface area contributed by atoms with Crippen molar-refractivity contribution in [3.05, 3.63) is 72.0 Å². The topological polar surface area (TPSA) is 102 Å². The number of hydrogen-bond donors (Lipinski definition) is 2. The van der Waals surface area contributed by atoms with Crippen LogP contribution in [-0.2, 0) is 10.2 Å². The summed E-state index contributed by atoms with van der Waals surface area (Å²) in [6, 6.07) is 17.5. The molecular weight excluding hydrogens is 461 g/mol. The number of nitrogens with one attached hydrogen (secondary N) is 2. The number of H-pyrrole nitrogens is 1. The molecule has 1 aliphatic rings. The Balaban J connectivity index is 1.54. The zero-order chi connectivity index (χ0) is 25.5. The third kappa shape index (κ3) is 3.77. The lowest BCUT2D eigenvalue weighted by atomic mass is 9.86. The van der Waals surface area contributed by atoms with Gasteiger partial charge in [0.25, 0.3) is 0 Å². The molecule has 0 radical (unpaired) electrons. The molecule has 1 atom stereocenters. The third-order valence-electron chi connectivity index (χ3n) is 7.02. The number of methoxy groups -OCH3 is 2. The molecule has 0 aliphatic heterocycles. The van der Waals surface area contributed by atoms with Gasteiger partial charge in [0.1, 0.15) is 5.82 Å². The minimum Gasteiger partial charge on any atom is -0.493 e. The van der Waals surface area contributed by atoms with E-state index >= 15 is 0 Å². The average Bonchev–Trinajstić information content (AvgIpc) is 3.21. The van der Waals surface area contributed by atoms with E-state index < -0.39 is 5.41 Å². The first kappa shape index (κ1) is 23.5. The molecule has 1 unspecified atom stereocenters. The standard InChI is InChI=1S/C27H26FN5O3/c1-26(2)15-27(26,20-7-5-6-8-21(20)28)25(34)29-17-10-11-18(19(14-17)24-30-32-33-31-24)16-9-12-22(35-3)23(13-16)36-4/h5-14H,15H2,1-4H3,(H,29,34)(H,30,31,32,33). The summed E-state index contributed by atoms with van der Waals surface area (Å²) in [5.41, 5.74) is 1.93. The monoisotopic (exact) mass is 487 g/mol. The summed E-state index contributed by atoms with van der Waals surface area (Å²) in [5.74, 6) is 0.919. The molecule has 1 aromatic heterocycles. The second-order valence-electron chi connectivity index (χ2n) is 9.47. The lowest BCUT2D eigenvalue weighted by molar-refractivity contribution is -0.119. The molecule has 3 aromatic carbocycles. The molecule has 1 amide bonds. The van der Waals surface area contributed by atoms with Crippen LogP contribution in [0.3, 0.4) is 0 Å². The van der Waals surface area contributed by atoms with Gasteiger partial charge in [-0.1, -0.05) is 44.2 Å². The van der Waals surface area contributed by atoms with Crippen LogP contribution in [0.25, 0.3) is 22.5 Å². The van der Waals surface area contributed by atoms with Crippen molar-refractivity contribution in [3.8, 4) is 34.0 Å². The van der Waals surface area contributed by atoms with Crippen LogP contribution in [0.2, 0.25) is 0 Å². The normalized spacial score (nSPS) is 17.9. The van der Waals surface area contributed by atoms with Crippen LogP contribution in [0.4, 0.5) is 10.1 Å². The smallest absolute Gasteiger partial charge is 0.235 e. The van der Waals surface area contributed by atoms with Gasteiger partial charge in [0.05, 0.1) is 19.6 Å². The maximum atomic E-state index is 14.7. The number of carbonyl (C=O) groups excluding carboxylic acids is 1. The van der Waals surface area contributed by atoms with Crippen molar-refractivity contribution in [2.45, 2.75) is 25.7 Å². The largest absolute Gasteiger partial charge is 0.493 e. The van der Waals surface area contributed by atoms with Gasteiger partial charge in [0, 0.05) is 16.8 Å². The van der Waals surface area contributed by atoms with E-state index in [-0.39, 0.29) is 17.1 Å². The number of rotatable bonds is 7. The first-order valence-electron chi connectivity index (χ1n) is 11.5. The minimum atomic E-state index is -0.952. The Labute approximate surface area is 207 Å². The summed E-state index contributed by atoms with van der Waals surface area (Å²) in [6.45, 7) is 3.95. The number of aromatic nitrogens is 4. The quantitative estimate of drug-likeness (QED) is 0.381. The fraction of sp³-hybridized carbons (Fsp3) is 0.259. The number of hydrogen-bond acceptors (Lipinski definition) is 6. The van der Waals surface area contributed by atoms with Crippen LogP contribution in [0.1, 0.15) is 25.8 Å². The highest BCUT2D eigenvalue weighted by Gasteiger charge is 2.68. The van der Waals surface area contributed by atoms with Gasteiger partial charge in [-0.3, -0.25) is 4.79 Å². The molecule has 8 nitrogen and oxygen atoms in total. The zero-order valence-corrected chi connectivity index (χ0v) is 20.4. The Bertz CT molecular complexity index is 1440. The SMILES string of the molecule is COc1ccc(-c2ccc(NC(=O)C3(c4ccccc4F)CC3(C)C)cc2-c2nn[nH]n2)cc1OC. The van der Waals surface area contributed by atoms with Crippen LogP contribution in [-0.4, -0.2) is 40.8 Å². The van der Waals surface area contributed by atoms with Gasteiger partial charge in [-0.25, -0.2) is 4.39 Å². The van der Waals surface area contributed by atoms with Gasteiger partial charge in [-0.15, -0.1) is 10.2 Å². The van der Waals surface area contributed by atoms with E-state index in [1.807, 2.05) is 38.1 Å². The second-order valence-corrected chi connectivity index (χ2v) is 9.47. The van der Waals surface area contributed by atoms with Gasteiger partial charge >= 0.3 is 0 Å². The van der Waals surface area contributed by atoms with E-state index in [0.717, 1.165) is 11.1 Å². The van der Waals surface area contributed by atoms with E-state index in [4.69, 9.17) is 9.47 Å². The highest BCUT2D eigenvalue weighted by atomic mass is 19.1. The molecule has 2 N–H and O–H groups in total. The number of benzene rings is 3. The third-order valence-corrected chi connectivity index (χ3v) is 7.02. The summed E-state index contributed by atoms with van der Waals surface area (Å²) in [7, 11) is 3.15. The van der Waals surface area contributed by atoms with E-state index in [2.05, 4.69) is 25.9 Å². The summed E-state index contributed by atoms with van der Waals surface area (Å²) in [4.78, 5) is 13.6. The van der Waals surface area contributed by atoms with Crippen molar-refractivity contribution in [3.63, 3.8) is 0 Å². The lowest BCUT2D eigenvalue weighted by Gasteiger charge is -2.22. The van der Waals surface area contributed by atoms with Gasteiger partial charge in [0.2, 0.25) is 11.7 Å². The summed E-state index contributed by atoms with van der Waals surface area (Å²) >= 11 is 0. The average molecular weight is 488 g/mol. The van der Waals surface area contributed by atoms with Crippen LogP contribution in [0.5, 0.6) is 11.5 Å². The van der Waals surface area contributed by atoms with E-state index in [1.54, 1.807) is 44.6 Å². The number of halogens is 1. The van der Waals surface area contributed by atoms with Crippen molar-refractivity contribution < 1.29 is 18.7 Å². The van der Waals surface area contributed by atoms with Crippen molar-refractivity contribution in [2.75, 3.05) is 19.5 Å². The second kappa shape index (κ2) is 8.75. The Morgan fingerprint density at radius 1 is 1.00 bits per heavy atom. The van der Waals surface area contributed by atoms with Crippen molar-refractivity contribution in [1.29, 1.82) is 0 Å². The predicted molar refractivity (Wildman–Crippen MR) is 133 cm³/mol. The van der Waals surface area contributed by atoms with Gasteiger partial charge in [-0.2, -0.15) is 5.21 Å². The number of tetrazole rings is 1. The van der Waals surface area contributed by atoms with E-state index in [9.17, 15) is 9.18 Å². The van der Waals surface area contributed by atoms with Crippen LogP contribution < -0.4 is 14.8 Å². The Kier molecular flexibility index (Phi) is 5.70. The summed E-state index contributed by atoms with van der Waals surface area (Å²) in [6.07, 6.45) is 0.550. The highest BCUT2D eigenvalue weighted by Crippen LogP contribution is 2.65. The highest BCUT2D eigenvalue weighted by molar-refractivity contribution is 6.03. The summed E-state index contributed by atoms with van der Waals surface area (Å²) < 4.78 is 25.6.